The van der Waals surface area contributed by atoms with Crippen molar-refractivity contribution in [2.75, 3.05) is 0 Å². The Balaban J connectivity index is 3.59. The monoisotopic (exact) mass is 190 g/mol. The van der Waals surface area contributed by atoms with Gasteiger partial charge in [0.2, 0.25) is 0 Å². The highest BCUT2D eigenvalue weighted by Crippen LogP contribution is 2.19. The average molecular weight is 190 g/mol. The first-order valence-electron chi connectivity index (χ1n) is 4.26. The Morgan fingerprint density at radius 3 is 2.08 bits per heavy atom. The molecule has 0 aliphatic carbocycles. The fourth-order valence-electron chi connectivity index (χ4n) is 1.54. The fraction of sp³-hybridized carbons (Fsp3) is 0.167. The van der Waals surface area contributed by atoms with Crippen LogP contribution in [-0.2, 0) is 0 Å². The molecule has 0 nitrogen and oxygen atoms in total. The van der Waals surface area contributed by atoms with Gasteiger partial charge < -0.3 is 0 Å². The Kier molecular flexibility index (Phi) is 3.06. The number of aryl methyl sites for hydroxylation is 2. The van der Waals surface area contributed by atoms with Crippen LogP contribution in [0.1, 0.15) is 22.3 Å². The zero-order chi connectivity index (χ0) is 10.0. The highest BCUT2D eigenvalue weighted by atomic mass is 31.0. The minimum absolute atomic E-state index is 1.18. The molecule has 0 aliphatic heterocycles. The van der Waals surface area contributed by atoms with Crippen molar-refractivity contribution in [3.05, 3.63) is 41.5 Å². The minimum atomic E-state index is 1.18. The van der Waals surface area contributed by atoms with Gasteiger partial charge in [-0.15, -0.1) is 9.24 Å². The molecule has 68 valence electrons. The molecule has 0 radical (unpaired) electrons. The Hall–Kier alpha value is -0.870. The van der Waals surface area contributed by atoms with Gasteiger partial charge in [0.15, 0.2) is 0 Å². The molecule has 1 atom stereocenters. The first kappa shape index (κ1) is 10.2. The predicted octanol–water partition coefficient (Wildman–Crippen LogP) is 3.09. The van der Waals surface area contributed by atoms with E-state index in [4.69, 9.17) is 0 Å². The highest BCUT2D eigenvalue weighted by Gasteiger charge is 2.05. The van der Waals surface area contributed by atoms with Crippen molar-refractivity contribution in [2.24, 2.45) is 0 Å². The molecule has 1 rings (SSSR count). The average Bonchev–Trinajstić information content (AvgIpc) is 2.10. The van der Waals surface area contributed by atoms with E-state index in [-0.39, 0.29) is 0 Å². The summed E-state index contributed by atoms with van der Waals surface area (Å²) in [6.07, 6.45) is 3.78. The molecule has 1 aromatic carbocycles. The summed E-state index contributed by atoms with van der Waals surface area (Å²) in [4.78, 5) is 0. The van der Waals surface area contributed by atoms with Crippen molar-refractivity contribution < 1.29 is 0 Å². The summed E-state index contributed by atoms with van der Waals surface area (Å²) in [5.74, 6) is 0. The summed E-state index contributed by atoms with van der Waals surface area (Å²) in [7, 11) is 2.76. The van der Waals surface area contributed by atoms with Crippen molar-refractivity contribution in [1.82, 2.24) is 0 Å². The van der Waals surface area contributed by atoms with Crippen LogP contribution < -0.4 is 5.30 Å². The summed E-state index contributed by atoms with van der Waals surface area (Å²) in [5.41, 5.74) is 4.90. The third-order valence-corrected chi connectivity index (χ3v) is 3.04. The molecular formula is C12H15P. The molecule has 0 spiro atoms. The Bertz CT molecular complexity index is 362. The molecule has 13 heavy (non-hydrogen) atoms. The molecule has 1 heteroatoms. The number of benzene rings is 1. The quantitative estimate of drug-likeness (QED) is 0.629. The molecule has 0 N–H and O–H groups in total. The summed E-state index contributed by atoms with van der Waals surface area (Å²) in [6, 6.07) is 2.17. The van der Waals surface area contributed by atoms with Crippen LogP contribution in [0.5, 0.6) is 0 Å². The first-order valence-corrected chi connectivity index (χ1v) is 4.84. The van der Waals surface area contributed by atoms with Gasteiger partial charge in [0.25, 0.3) is 0 Å². The van der Waals surface area contributed by atoms with E-state index in [0.29, 0.717) is 0 Å². The van der Waals surface area contributed by atoms with Crippen LogP contribution in [0.2, 0.25) is 0 Å². The molecule has 1 unspecified atom stereocenters. The van der Waals surface area contributed by atoms with E-state index in [0.717, 1.165) is 0 Å². The predicted molar refractivity (Wildman–Crippen MR) is 65.4 cm³/mol. The van der Waals surface area contributed by atoms with Crippen LogP contribution in [0.4, 0.5) is 0 Å². The molecule has 0 saturated carbocycles. The second-order valence-corrected chi connectivity index (χ2v) is 3.74. The lowest BCUT2D eigenvalue weighted by Gasteiger charge is -2.11. The van der Waals surface area contributed by atoms with Crippen LogP contribution in [0.3, 0.4) is 0 Å². The molecule has 0 bridgehead atoms. The molecule has 0 heterocycles. The van der Waals surface area contributed by atoms with Crippen LogP contribution in [-0.4, -0.2) is 0 Å². The van der Waals surface area contributed by atoms with Gasteiger partial charge in [-0.1, -0.05) is 31.4 Å². The Labute approximate surface area is 82.6 Å². The van der Waals surface area contributed by atoms with E-state index in [1.165, 1.54) is 27.6 Å². The lowest BCUT2D eigenvalue weighted by molar-refractivity contribution is 1.38. The molecule has 0 aliphatic rings. The van der Waals surface area contributed by atoms with Gasteiger partial charge in [-0.3, -0.25) is 0 Å². The number of rotatable bonds is 2. The van der Waals surface area contributed by atoms with Crippen molar-refractivity contribution in [3.63, 3.8) is 0 Å². The van der Waals surface area contributed by atoms with Crippen LogP contribution in [0, 0.1) is 13.8 Å². The maximum atomic E-state index is 3.82. The van der Waals surface area contributed by atoms with Crippen molar-refractivity contribution in [2.45, 2.75) is 13.8 Å². The molecule has 0 saturated heterocycles. The minimum Gasteiger partial charge on any atom is -0.105 e. The largest absolute Gasteiger partial charge is 0.105 e. The van der Waals surface area contributed by atoms with E-state index in [9.17, 15) is 0 Å². The second-order valence-electron chi connectivity index (χ2n) is 3.16. The molecule has 0 aromatic heterocycles. The zero-order valence-electron chi connectivity index (χ0n) is 8.22. The van der Waals surface area contributed by atoms with E-state index in [2.05, 4.69) is 42.3 Å². The van der Waals surface area contributed by atoms with E-state index in [1.54, 1.807) is 0 Å². The smallest absolute Gasteiger partial charge is 0.0113 e. The highest BCUT2D eigenvalue weighted by molar-refractivity contribution is 7.27. The Morgan fingerprint density at radius 1 is 1.08 bits per heavy atom. The summed E-state index contributed by atoms with van der Waals surface area (Å²) in [5, 5.41) is 1.22. The van der Waals surface area contributed by atoms with Crippen LogP contribution >= 0.6 is 9.24 Å². The normalized spacial score (nSPS) is 9.77. The summed E-state index contributed by atoms with van der Waals surface area (Å²) >= 11 is 0. The second kappa shape index (κ2) is 3.89. The maximum Gasteiger partial charge on any atom is -0.0113 e. The lowest BCUT2D eigenvalue weighted by atomic mass is 9.99. The third kappa shape index (κ3) is 1.73. The van der Waals surface area contributed by atoms with Gasteiger partial charge in [0, 0.05) is 0 Å². The Morgan fingerprint density at radius 2 is 1.62 bits per heavy atom. The van der Waals surface area contributed by atoms with Crippen LogP contribution in [0.15, 0.2) is 19.2 Å². The van der Waals surface area contributed by atoms with E-state index >= 15 is 0 Å². The molecular weight excluding hydrogens is 175 g/mol. The van der Waals surface area contributed by atoms with Gasteiger partial charge in [-0.25, -0.2) is 0 Å². The lowest BCUT2D eigenvalue weighted by Crippen LogP contribution is -2.05. The van der Waals surface area contributed by atoms with Crippen molar-refractivity contribution >= 4 is 26.7 Å². The van der Waals surface area contributed by atoms with E-state index < -0.39 is 0 Å². The topological polar surface area (TPSA) is 0 Å². The van der Waals surface area contributed by atoms with Crippen LogP contribution in [0.25, 0.3) is 12.2 Å². The molecule has 0 fully saturated rings. The number of hydrogen-bond donors (Lipinski definition) is 0. The summed E-state index contributed by atoms with van der Waals surface area (Å²) < 4.78 is 0. The van der Waals surface area contributed by atoms with Gasteiger partial charge in [-0.2, -0.15) is 0 Å². The van der Waals surface area contributed by atoms with Gasteiger partial charge in [0.05, 0.1) is 0 Å². The van der Waals surface area contributed by atoms with Gasteiger partial charge in [0.1, 0.15) is 0 Å². The number of hydrogen-bond acceptors (Lipinski definition) is 0. The maximum absolute atomic E-state index is 3.82. The zero-order valence-corrected chi connectivity index (χ0v) is 9.38. The van der Waals surface area contributed by atoms with Crippen molar-refractivity contribution in [3.8, 4) is 0 Å². The SMILES string of the molecule is C=Cc1c(C)cc(C)c(P)c1C=C. The fourth-order valence-corrected chi connectivity index (χ4v) is 1.90. The molecule has 1 aromatic rings. The van der Waals surface area contributed by atoms with Gasteiger partial charge >= 0.3 is 0 Å². The standard InChI is InChI=1S/C12H15P/c1-5-10-8(3)7-9(4)12(13)11(10)6-2/h5-7H,1-2,13H2,3-4H3. The first-order chi connectivity index (χ1) is 6.11. The van der Waals surface area contributed by atoms with E-state index in [1.807, 2.05) is 12.2 Å². The summed E-state index contributed by atoms with van der Waals surface area (Å²) in [6.45, 7) is 11.8. The van der Waals surface area contributed by atoms with Crippen molar-refractivity contribution in [1.29, 1.82) is 0 Å². The third-order valence-electron chi connectivity index (χ3n) is 2.27. The van der Waals surface area contributed by atoms with Gasteiger partial charge in [-0.05, 0) is 41.4 Å². The molecule has 0 amide bonds.